The average Bonchev–Trinajstić information content (AvgIpc) is 2.55. The lowest BCUT2D eigenvalue weighted by Gasteiger charge is -2.19. The zero-order valence-corrected chi connectivity index (χ0v) is 11.8. The van der Waals surface area contributed by atoms with E-state index >= 15 is 0 Å². The van der Waals surface area contributed by atoms with Crippen LogP contribution in [0.5, 0.6) is 0 Å². The molecule has 0 aromatic carbocycles. The molecular weight excluding hydrogens is 212 g/mol. The second-order valence-corrected chi connectivity index (χ2v) is 5.65. The Morgan fingerprint density at radius 2 is 1.71 bits per heavy atom. The minimum atomic E-state index is -0.0894. The molecule has 0 aliphatic carbocycles. The van der Waals surface area contributed by atoms with Crippen molar-refractivity contribution in [3.63, 3.8) is 0 Å². The van der Waals surface area contributed by atoms with E-state index in [0.717, 1.165) is 18.4 Å². The van der Waals surface area contributed by atoms with Crippen molar-refractivity contribution in [2.24, 2.45) is 5.41 Å². The zero-order chi connectivity index (χ0) is 12.9. The summed E-state index contributed by atoms with van der Waals surface area (Å²) in [6.45, 7) is 9.17. The highest BCUT2D eigenvalue weighted by molar-refractivity contribution is 5.93. The van der Waals surface area contributed by atoms with Crippen molar-refractivity contribution in [2.75, 3.05) is 6.61 Å². The molecule has 0 amide bonds. The Hall–Kier alpha value is -0.790. The lowest BCUT2D eigenvalue weighted by molar-refractivity contribution is -0.135. The van der Waals surface area contributed by atoms with Crippen molar-refractivity contribution in [1.82, 2.24) is 0 Å². The largest absolute Gasteiger partial charge is 0.461 e. The van der Waals surface area contributed by atoms with E-state index in [4.69, 9.17) is 4.74 Å². The number of unbranched alkanes of at least 4 members (excludes halogenated alkanes) is 2. The quantitative estimate of drug-likeness (QED) is 0.511. The maximum Gasteiger partial charge on any atom is 0.334 e. The van der Waals surface area contributed by atoms with Crippen LogP contribution < -0.4 is 0 Å². The molecule has 1 aliphatic rings. The normalized spacial score (nSPS) is 18.4. The summed E-state index contributed by atoms with van der Waals surface area (Å²) in [6.07, 6.45) is 6.82. The minimum absolute atomic E-state index is 0.0720. The van der Waals surface area contributed by atoms with Crippen LogP contribution in [-0.2, 0) is 9.53 Å². The van der Waals surface area contributed by atoms with Crippen LogP contribution in [0.15, 0.2) is 11.1 Å². The van der Waals surface area contributed by atoms with Crippen molar-refractivity contribution < 1.29 is 9.53 Å². The molecule has 2 nitrogen and oxygen atoms in total. The van der Waals surface area contributed by atoms with Gasteiger partial charge in [-0.15, -0.1) is 0 Å². The second-order valence-electron chi connectivity index (χ2n) is 5.65. The van der Waals surface area contributed by atoms with Gasteiger partial charge < -0.3 is 4.74 Å². The maximum atomic E-state index is 11.9. The highest BCUT2D eigenvalue weighted by atomic mass is 16.5. The van der Waals surface area contributed by atoms with E-state index in [0.29, 0.717) is 6.61 Å². The smallest absolute Gasteiger partial charge is 0.334 e. The van der Waals surface area contributed by atoms with Crippen LogP contribution in [0.1, 0.15) is 66.2 Å². The average molecular weight is 238 g/mol. The molecule has 1 saturated heterocycles. The Morgan fingerprint density at radius 1 is 1.18 bits per heavy atom. The standard InChI is InChI=1S/C15H26O2/c1-5-7-9-12(10-8-6-2)13-14(16)17-11-15(13,3)4/h5-11H2,1-4H3. The van der Waals surface area contributed by atoms with Crippen LogP contribution in [0, 0.1) is 5.41 Å². The molecule has 0 aromatic heterocycles. The fraction of sp³-hybridized carbons (Fsp3) is 0.800. The Balaban J connectivity index is 2.93. The third-order valence-electron chi connectivity index (χ3n) is 3.46. The molecule has 1 aliphatic heterocycles. The van der Waals surface area contributed by atoms with Gasteiger partial charge in [0.15, 0.2) is 0 Å². The van der Waals surface area contributed by atoms with Crippen molar-refractivity contribution in [3.05, 3.63) is 11.1 Å². The molecule has 2 heteroatoms. The Bertz CT molecular complexity index is 290. The van der Waals surface area contributed by atoms with Gasteiger partial charge in [-0.3, -0.25) is 0 Å². The van der Waals surface area contributed by atoms with Crippen LogP contribution in [0.4, 0.5) is 0 Å². The molecule has 1 fully saturated rings. The first-order valence-electron chi connectivity index (χ1n) is 6.92. The molecule has 98 valence electrons. The van der Waals surface area contributed by atoms with E-state index in [9.17, 15) is 4.79 Å². The maximum absolute atomic E-state index is 11.9. The Labute approximate surface area is 105 Å². The van der Waals surface area contributed by atoms with E-state index in [1.807, 2.05) is 0 Å². The number of carbonyl (C=O) groups excluding carboxylic acids is 1. The van der Waals surface area contributed by atoms with Crippen LogP contribution in [0.2, 0.25) is 0 Å². The first-order chi connectivity index (χ1) is 8.03. The highest BCUT2D eigenvalue weighted by Crippen LogP contribution is 2.38. The van der Waals surface area contributed by atoms with Gasteiger partial charge in [0, 0.05) is 11.0 Å². The monoisotopic (exact) mass is 238 g/mol. The van der Waals surface area contributed by atoms with Gasteiger partial charge in [0.25, 0.3) is 0 Å². The van der Waals surface area contributed by atoms with Gasteiger partial charge in [0.05, 0.1) is 0 Å². The summed E-state index contributed by atoms with van der Waals surface area (Å²) in [7, 11) is 0. The summed E-state index contributed by atoms with van der Waals surface area (Å²) < 4.78 is 5.22. The van der Waals surface area contributed by atoms with Crippen molar-refractivity contribution in [1.29, 1.82) is 0 Å². The van der Waals surface area contributed by atoms with Crippen LogP contribution >= 0.6 is 0 Å². The molecular formula is C15H26O2. The van der Waals surface area contributed by atoms with Crippen LogP contribution in [0.3, 0.4) is 0 Å². The predicted molar refractivity (Wildman–Crippen MR) is 70.8 cm³/mol. The molecule has 0 bridgehead atoms. The number of hydrogen-bond donors (Lipinski definition) is 0. The second kappa shape index (κ2) is 6.23. The summed E-state index contributed by atoms with van der Waals surface area (Å²) in [5.74, 6) is -0.0720. The number of ether oxygens (including phenoxy) is 1. The lowest BCUT2D eigenvalue weighted by atomic mass is 9.81. The highest BCUT2D eigenvalue weighted by Gasteiger charge is 2.39. The molecule has 0 unspecified atom stereocenters. The zero-order valence-electron chi connectivity index (χ0n) is 11.8. The first-order valence-corrected chi connectivity index (χ1v) is 6.92. The van der Waals surface area contributed by atoms with E-state index in [1.54, 1.807) is 0 Å². The van der Waals surface area contributed by atoms with Gasteiger partial charge >= 0.3 is 5.97 Å². The Morgan fingerprint density at radius 3 is 2.06 bits per heavy atom. The van der Waals surface area contributed by atoms with Crippen LogP contribution in [0.25, 0.3) is 0 Å². The summed E-state index contributed by atoms with van der Waals surface area (Å²) in [5.41, 5.74) is 2.23. The topological polar surface area (TPSA) is 26.3 Å². The van der Waals surface area contributed by atoms with E-state index < -0.39 is 0 Å². The third-order valence-corrected chi connectivity index (χ3v) is 3.46. The first kappa shape index (κ1) is 14.3. The fourth-order valence-corrected chi connectivity index (χ4v) is 2.44. The van der Waals surface area contributed by atoms with Crippen molar-refractivity contribution in [3.8, 4) is 0 Å². The summed E-state index contributed by atoms with van der Waals surface area (Å²) >= 11 is 0. The molecule has 0 N–H and O–H groups in total. The van der Waals surface area contributed by atoms with Gasteiger partial charge in [-0.25, -0.2) is 4.79 Å². The minimum Gasteiger partial charge on any atom is -0.461 e. The molecule has 0 aromatic rings. The van der Waals surface area contributed by atoms with E-state index in [1.165, 1.54) is 31.3 Å². The number of esters is 1. The summed E-state index contributed by atoms with van der Waals surface area (Å²) in [6, 6.07) is 0. The van der Waals surface area contributed by atoms with Crippen LogP contribution in [-0.4, -0.2) is 12.6 Å². The number of rotatable bonds is 6. The Kier molecular flexibility index (Phi) is 5.23. The lowest BCUT2D eigenvalue weighted by Crippen LogP contribution is -2.16. The van der Waals surface area contributed by atoms with Gasteiger partial charge in [0.2, 0.25) is 0 Å². The molecule has 0 atom stereocenters. The number of carbonyl (C=O) groups is 1. The number of hydrogen-bond acceptors (Lipinski definition) is 2. The summed E-state index contributed by atoms with van der Waals surface area (Å²) in [4.78, 5) is 11.9. The van der Waals surface area contributed by atoms with Crippen molar-refractivity contribution >= 4 is 5.97 Å². The predicted octanol–water partition coefficient (Wildman–Crippen LogP) is 4.25. The SMILES string of the molecule is CCCCC(CCCC)=C1C(=O)OCC1(C)C. The number of allylic oxidation sites excluding steroid dienone is 1. The van der Waals surface area contributed by atoms with Gasteiger partial charge in [-0.1, -0.05) is 46.1 Å². The van der Waals surface area contributed by atoms with E-state index in [2.05, 4.69) is 27.7 Å². The molecule has 0 radical (unpaired) electrons. The molecule has 0 spiro atoms. The summed E-state index contributed by atoms with van der Waals surface area (Å²) in [5, 5.41) is 0. The van der Waals surface area contributed by atoms with Gasteiger partial charge in [-0.2, -0.15) is 0 Å². The van der Waals surface area contributed by atoms with Crippen molar-refractivity contribution in [2.45, 2.75) is 66.2 Å². The number of cyclic esters (lactones) is 1. The van der Waals surface area contributed by atoms with E-state index in [-0.39, 0.29) is 11.4 Å². The van der Waals surface area contributed by atoms with Gasteiger partial charge in [0.1, 0.15) is 6.61 Å². The third kappa shape index (κ3) is 3.58. The van der Waals surface area contributed by atoms with Gasteiger partial charge in [-0.05, 0) is 25.7 Å². The fourth-order valence-electron chi connectivity index (χ4n) is 2.44. The molecule has 1 heterocycles. The molecule has 1 rings (SSSR count). The molecule has 17 heavy (non-hydrogen) atoms. The molecule has 0 saturated carbocycles.